The summed E-state index contributed by atoms with van der Waals surface area (Å²) in [5.74, 6) is 1.26. The summed E-state index contributed by atoms with van der Waals surface area (Å²) in [7, 11) is 1.76. The van der Waals surface area contributed by atoms with Crippen LogP contribution in [0, 0.1) is 11.3 Å². The predicted octanol–water partition coefficient (Wildman–Crippen LogP) is 3.31. The Kier molecular flexibility index (Phi) is 5.19. The van der Waals surface area contributed by atoms with Crippen LogP contribution in [0.4, 0.5) is 0 Å². The molecule has 0 aromatic carbocycles. The molecule has 0 saturated heterocycles. The van der Waals surface area contributed by atoms with Crippen molar-refractivity contribution in [2.24, 2.45) is 11.3 Å². The number of rotatable bonds is 5. The molecule has 1 nitrogen and oxygen atoms in total. The summed E-state index contributed by atoms with van der Waals surface area (Å²) in [4.78, 5) is 0. The van der Waals surface area contributed by atoms with Crippen LogP contribution in [-0.4, -0.2) is 19.1 Å². The van der Waals surface area contributed by atoms with Crippen molar-refractivity contribution in [3.8, 4) is 0 Å². The Hall–Kier alpha value is 0.250. The van der Waals surface area contributed by atoms with Gasteiger partial charge in [-0.25, -0.2) is 0 Å². The predicted molar refractivity (Wildman–Crippen MR) is 54.8 cm³/mol. The van der Waals surface area contributed by atoms with Crippen LogP contribution in [-0.2, 0) is 4.74 Å². The second kappa shape index (κ2) is 5.08. The van der Waals surface area contributed by atoms with E-state index in [4.69, 9.17) is 16.3 Å². The first-order valence-electron chi connectivity index (χ1n) is 4.52. The van der Waals surface area contributed by atoms with E-state index in [0.29, 0.717) is 12.0 Å². The number of halogens is 1. The Morgan fingerprint density at radius 3 is 2.17 bits per heavy atom. The first-order valence-corrected chi connectivity index (χ1v) is 5.06. The van der Waals surface area contributed by atoms with Crippen LogP contribution in [0.2, 0.25) is 0 Å². The fourth-order valence-electron chi connectivity index (χ4n) is 1.23. The highest BCUT2D eigenvalue weighted by molar-refractivity contribution is 6.18. The minimum Gasteiger partial charge on any atom is -0.382 e. The zero-order valence-corrected chi connectivity index (χ0v) is 9.61. The molecule has 12 heavy (non-hydrogen) atoms. The van der Waals surface area contributed by atoms with Gasteiger partial charge in [-0.3, -0.25) is 0 Å². The largest absolute Gasteiger partial charge is 0.382 e. The van der Waals surface area contributed by atoms with Crippen molar-refractivity contribution in [2.75, 3.05) is 13.0 Å². The molecule has 2 atom stereocenters. The fraction of sp³-hybridized carbons (Fsp3) is 1.00. The first-order chi connectivity index (χ1) is 5.44. The molecule has 0 spiro atoms. The maximum Gasteiger partial charge on any atom is 0.0548 e. The van der Waals surface area contributed by atoms with Gasteiger partial charge in [0.15, 0.2) is 0 Å². The van der Waals surface area contributed by atoms with Gasteiger partial charge in [-0.1, -0.05) is 20.8 Å². The van der Waals surface area contributed by atoms with E-state index in [-0.39, 0.29) is 5.41 Å². The van der Waals surface area contributed by atoms with Crippen molar-refractivity contribution in [1.82, 2.24) is 0 Å². The lowest BCUT2D eigenvalue weighted by Gasteiger charge is -2.32. The van der Waals surface area contributed by atoms with E-state index in [0.717, 1.165) is 12.3 Å². The van der Waals surface area contributed by atoms with E-state index in [1.54, 1.807) is 7.11 Å². The Balaban J connectivity index is 4.02. The van der Waals surface area contributed by atoms with Crippen LogP contribution in [0.15, 0.2) is 0 Å². The molecule has 0 heterocycles. The monoisotopic (exact) mass is 192 g/mol. The maximum absolute atomic E-state index is 5.82. The molecule has 0 aliphatic rings. The highest BCUT2D eigenvalue weighted by atomic mass is 35.5. The molecular weight excluding hydrogens is 172 g/mol. The standard InChI is InChI=1S/C10H21ClO/c1-8(7-11)10(3,4)6-9(2)12-5/h8-9H,6-7H2,1-5H3/t8-,9?/m0/s1. The van der Waals surface area contributed by atoms with Gasteiger partial charge in [0.05, 0.1) is 6.10 Å². The Labute approximate surface area is 81.4 Å². The van der Waals surface area contributed by atoms with Crippen molar-refractivity contribution < 1.29 is 4.74 Å². The number of hydrogen-bond donors (Lipinski definition) is 0. The lowest BCUT2D eigenvalue weighted by atomic mass is 9.77. The van der Waals surface area contributed by atoms with Gasteiger partial charge in [0.2, 0.25) is 0 Å². The molecule has 0 radical (unpaired) electrons. The van der Waals surface area contributed by atoms with Gasteiger partial charge in [-0.15, -0.1) is 11.6 Å². The average molecular weight is 193 g/mol. The van der Waals surface area contributed by atoms with Gasteiger partial charge in [0.1, 0.15) is 0 Å². The lowest BCUT2D eigenvalue weighted by molar-refractivity contribution is 0.0597. The van der Waals surface area contributed by atoms with E-state index in [1.807, 2.05) is 0 Å². The summed E-state index contributed by atoms with van der Waals surface area (Å²) in [5.41, 5.74) is 0.275. The van der Waals surface area contributed by atoms with Gasteiger partial charge in [-0.2, -0.15) is 0 Å². The number of methoxy groups -OCH3 is 1. The summed E-state index contributed by atoms with van der Waals surface area (Å²) >= 11 is 5.82. The molecular formula is C10H21ClO. The molecule has 0 bridgehead atoms. The molecule has 0 aromatic heterocycles. The van der Waals surface area contributed by atoms with Gasteiger partial charge >= 0.3 is 0 Å². The molecule has 0 aliphatic carbocycles. The molecule has 74 valence electrons. The van der Waals surface area contributed by atoms with Gasteiger partial charge in [0, 0.05) is 13.0 Å². The van der Waals surface area contributed by atoms with E-state index in [2.05, 4.69) is 27.7 Å². The summed E-state index contributed by atoms with van der Waals surface area (Å²) in [6.45, 7) is 8.78. The van der Waals surface area contributed by atoms with Crippen molar-refractivity contribution in [3.05, 3.63) is 0 Å². The van der Waals surface area contributed by atoms with E-state index in [1.165, 1.54) is 0 Å². The molecule has 0 saturated carbocycles. The van der Waals surface area contributed by atoms with Gasteiger partial charge in [0.25, 0.3) is 0 Å². The minimum absolute atomic E-state index is 0.275. The molecule has 0 N–H and O–H groups in total. The van der Waals surface area contributed by atoms with Gasteiger partial charge < -0.3 is 4.74 Å². The van der Waals surface area contributed by atoms with Crippen LogP contribution in [0.5, 0.6) is 0 Å². The topological polar surface area (TPSA) is 9.23 Å². The Morgan fingerprint density at radius 1 is 1.33 bits per heavy atom. The molecule has 1 unspecified atom stereocenters. The number of alkyl halides is 1. The summed E-state index contributed by atoms with van der Waals surface area (Å²) in [5, 5.41) is 0. The molecule has 0 aromatic rings. The van der Waals surface area contributed by atoms with Crippen LogP contribution < -0.4 is 0 Å². The normalized spacial score (nSPS) is 17.5. The first kappa shape index (κ1) is 12.2. The van der Waals surface area contributed by atoms with E-state index >= 15 is 0 Å². The van der Waals surface area contributed by atoms with Crippen LogP contribution >= 0.6 is 11.6 Å². The SMILES string of the molecule is COC(C)CC(C)(C)[C@@H](C)CCl. The van der Waals surface area contributed by atoms with Crippen molar-refractivity contribution in [1.29, 1.82) is 0 Å². The second-order valence-electron chi connectivity index (χ2n) is 4.29. The van der Waals surface area contributed by atoms with Crippen molar-refractivity contribution in [3.63, 3.8) is 0 Å². The zero-order chi connectivity index (χ0) is 9.78. The van der Waals surface area contributed by atoms with Crippen LogP contribution in [0.25, 0.3) is 0 Å². The molecule has 0 fully saturated rings. The zero-order valence-electron chi connectivity index (χ0n) is 8.86. The third kappa shape index (κ3) is 3.77. The maximum atomic E-state index is 5.82. The second-order valence-corrected chi connectivity index (χ2v) is 4.60. The Morgan fingerprint density at radius 2 is 1.83 bits per heavy atom. The smallest absolute Gasteiger partial charge is 0.0548 e. The van der Waals surface area contributed by atoms with Crippen LogP contribution in [0.3, 0.4) is 0 Å². The minimum atomic E-state index is 0.275. The summed E-state index contributed by atoms with van der Waals surface area (Å²) in [6.07, 6.45) is 1.39. The molecule has 0 amide bonds. The van der Waals surface area contributed by atoms with Crippen LogP contribution in [0.1, 0.15) is 34.1 Å². The highest BCUT2D eigenvalue weighted by Crippen LogP contribution is 2.33. The quantitative estimate of drug-likeness (QED) is 0.608. The third-order valence-electron chi connectivity index (χ3n) is 2.78. The molecule has 2 heteroatoms. The highest BCUT2D eigenvalue weighted by Gasteiger charge is 2.27. The lowest BCUT2D eigenvalue weighted by Crippen LogP contribution is -2.27. The molecule has 0 aliphatic heterocycles. The van der Waals surface area contributed by atoms with Crippen molar-refractivity contribution in [2.45, 2.75) is 40.2 Å². The number of ether oxygens (including phenoxy) is 1. The summed E-state index contributed by atoms with van der Waals surface area (Å²) < 4.78 is 5.24. The fourth-order valence-corrected chi connectivity index (χ4v) is 1.65. The number of hydrogen-bond acceptors (Lipinski definition) is 1. The van der Waals surface area contributed by atoms with E-state index in [9.17, 15) is 0 Å². The molecule has 0 rings (SSSR count). The Bertz CT molecular complexity index is 123. The average Bonchev–Trinajstić information content (AvgIpc) is 2.02. The van der Waals surface area contributed by atoms with E-state index < -0.39 is 0 Å². The van der Waals surface area contributed by atoms with Gasteiger partial charge in [-0.05, 0) is 24.7 Å². The van der Waals surface area contributed by atoms with Crippen molar-refractivity contribution >= 4 is 11.6 Å². The summed E-state index contributed by atoms with van der Waals surface area (Å²) in [6, 6.07) is 0. The third-order valence-corrected chi connectivity index (χ3v) is 3.24.